The number of aliphatic imine (C=N–C) groups is 1. The van der Waals surface area contributed by atoms with Crippen molar-refractivity contribution >= 4 is 5.96 Å². The SMILES string of the molecule is CCC1(CC)CCN(C(=NC)NCc2nccn2C)C1. The number of hydrogen-bond acceptors (Lipinski definition) is 2. The molecule has 0 bridgehead atoms. The van der Waals surface area contributed by atoms with E-state index >= 15 is 0 Å². The van der Waals surface area contributed by atoms with Crippen LogP contribution >= 0.6 is 0 Å². The summed E-state index contributed by atoms with van der Waals surface area (Å²) in [6.45, 7) is 7.54. The van der Waals surface area contributed by atoms with Crippen LogP contribution in [0.1, 0.15) is 38.9 Å². The highest BCUT2D eigenvalue weighted by Crippen LogP contribution is 2.36. The lowest BCUT2D eigenvalue weighted by molar-refractivity contribution is 0.276. The van der Waals surface area contributed by atoms with Crippen LogP contribution in [0, 0.1) is 5.41 Å². The predicted molar refractivity (Wildman–Crippen MR) is 82.6 cm³/mol. The molecular formula is C15H27N5. The second-order valence-corrected chi connectivity index (χ2v) is 5.73. The summed E-state index contributed by atoms with van der Waals surface area (Å²) < 4.78 is 2.03. The lowest BCUT2D eigenvalue weighted by Gasteiger charge is -2.27. The van der Waals surface area contributed by atoms with E-state index in [4.69, 9.17) is 0 Å². The number of guanidine groups is 1. The van der Waals surface area contributed by atoms with E-state index in [9.17, 15) is 0 Å². The molecule has 112 valence electrons. The molecular weight excluding hydrogens is 250 g/mol. The fourth-order valence-corrected chi connectivity index (χ4v) is 3.00. The van der Waals surface area contributed by atoms with E-state index in [1.54, 1.807) is 0 Å². The summed E-state index contributed by atoms with van der Waals surface area (Å²) in [5.41, 5.74) is 0.473. The zero-order chi connectivity index (χ0) is 14.6. The molecule has 5 heteroatoms. The molecule has 1 fully saturated rings. The van der Waals surface area contributed by atoms with Gasteiger partial charge in [0.2, 0.25) is 0 Å². The Kier molecular flexibility index (Phi) is 4.68. The normalized spacial score (nSPS) is 18.6. The highest BCUT2D eigenvalue weighted by molar-refractivity contribution is 5.80. The van der Waals surface area contributed by atoms with E-state index in [1.165, 1.54) is 19.3 Å². The van der Waals surface area contributed by atoms with Gasteiger partial charge in [0.15, 0.2) is 5.96 Å². The summed E-state index contributed by atoms with van der Waals surface area (Å²) in [5.74, 6) is 2.03. The second kappa shape index (κ2) is 6.29. The van der Waals surface area contributed by atoms with E-state index in [2.05, 4.69) is 34.0 Å². The minimum absolute atomic E-state index is 0.473. The van der Waals surface area contributed by atoms with Crippen molar-refractivity contribution in [2.75, 3.05) is 20.1 Å². The Bertz CT molecular complexity index is 459. The van der Waals surface area contributed by atoms with E-state index in [0.717, 1.165) is 31.4 Å². The van der Waals surface area contributed by atoms with Gasteiger partial charge in [-0.05, 0) is 24.7 Å². The van der Waals surface area contributed by atoms with Gasteiger partial charge in [-0.3, -0.25) is 4.99 Å². The molecule has 0 aliphatic carbocycles. The largest absolute Gasteiger partial charge is 0.349 e. The fourth-order valence-electron chi connectivity index (χ4n) is 3.00. The third kappa shape index (κ3) is 2.97. The first-order valence-electron chi connectivity index (χ1n) is 7.56. The molecule has 0 aromatic carbocycles. The highest BCUT2D eigenvalue weighted by atomic mass is 15.3. The lowest BCUT2D eigenvalue weighted by Crippen LogP contribution is -2.41. The number of nitrogens with zero attached hydrogens (tertiary/aromatic N) is 4. The second-order valence-electron chi connectivity index (χ2n) is 5.73. The smallest absolute Gasteiger partial charge is 0.194 e. The molecule has 1 saturated heterocycles. The number of likely N-dealkylation sites (tertiary alicyclic amines) is 1. The first-order chi connectivity index (χ1) is 9.64. The van der Waals surface area contributed by atoms with Gasteiger partial charge < -0.3 is 14.8 Å². The first-order valence-corrected chi connectivity index (χ1v) is 7.56. The van der Waals surface area contributed by atoms with Gasteiger partial charge in [-0.2, -0.15) is 0 Å². The molecule has 1 N–H and O–H groups in total. The van der Waals surface area contributed by atoms with Gasteiger partial charge in [-0.25, -0.2) is 4.98 Å². The Morgan fingerprint density at radius 2 is 2.20 bits per heavy atom. The molecule has 2 rings (SSSR count). The van der Waals surface area contributed by atoms with Crippen LogP contribution in [0.3, 0.4) is 0 Å². The van der Waals surface area contributed by atoms with Crippen LogP contribution in [-0.4, -0.2) is 40.5 Å². The van der Waals surface area contributed by atoms with Gasteiger partial charge in [-0.15, -0.1) is 0 Å². The molecule has 1 aromatic rings. The van der Waals surface area contributed by atoms with E-state index in [-0.39, 0.29) is 0 Å². The number of nitrogens with one attached hydrogen (secondary N) is 1. The third-order valence-corrected chi connectivity index (χ3v) is 4.78. The van der Waals surface area contributed by atoms with Crippen molar-refractivity contribution in [2.45, 2.75) is 39.7 Å². The Morgan fingerprint density at radius 1 is 1.45 bits per heavy atom. The van der Waals surface area contributed by atoms with Gasteiger partial charge >= 0.3 is 0 Å². The number of aryl methyl sites for hydroxylation is 1. The van der Waals surface area contributed by atoms with Gasteiger partial charge in [0, 0.05) is 39.6 Å². The maximum atomic E-state index is 4.43. The van der Waals surface area contributed by atoms with Gasteiger partial charge in [-0.1, -0.05) is 13.8 Å². The summed E-state index contributed by atoms with van der Waals surface area (Å²) >= 11 is 0. The molecule has 1 aliphatic heterocycles. The van der Waals surface area contributed by atoms with E-state index < -0.39 is 0 Å². The predicted octanol–water partition coefficient (Wildman–Crippen LogP) is 2.01. The molecule has 0 radical (unpaired) electrons. The van der Waals surface area contributed by atoms with Crippen molar-refractivity contribution in [3.8, 4) is 0 Å². The highest BCUT2D eigenvalue weighted by Gasteiger charge is 2.36. The minimum atomic E-state index is 0.473. The van der Waals surface area contributed by atoms with Crippen molar-refractivity contribution in [3.05, 3.63) is 18.2 Å². The first kappa shape index (κ1) is 14.9. The third-order valence-electron chi connectivity index (χ3n) is 4.78. The topological polar surface area (TPSA) is 45.4 Å². The summed E-state index contributed by atoms with van der Waals surface area (Å²) in [4.78, 5) is 11.1. The minimum Gasteiger partial charge on any atom is -0.349 e. The Morgan fingerprint density at radius 3 is 2.70 bits per heavy atom. The molecule has 20 heavy (non-hydrogen) atoms. The van der Waals surface area contributed by atoms with Crippen LogP contribution in [0.2, 0.25) is 0 Å². The van der Waals surface area contributed by atoms with Crippen LogP contribution in [0.4, 0.5) is 0 Å². The van der Waals surface area contributed by atoms with Crippen molar-refractivity contribution in [1.82, 2.24) is 19.8 Å². The number of rotatable bonds is 4. The van der Waals surface area contributed by atoms with E-state index in [1.807, 2.05) is 31.1 Å². The molecule has 1 aliphatic rings. The van der Waals surface area contributed by atoms with Crippen LogP contribution in [0.25, 0.3) is 0 Å². The zero-order valence-corrected chi connectivity index (χ0v) is 13.2. The average molecular weight is 277 g/mol. The van der Waals surface area contributed by atoms with Gasteiger partial charge in [0.25, 0.3) is 0 Å². The molecule has 0 saturated carbocycles. The van der Waals surface area contributed by atoms with E-state index in [0.29, 0.717) is 5.41 Å². The molecule has 0 atom stereocenters. The molecule has 1 aromatic heterocycles. The lowest BCUT2D eigenvalue weighted by atomic mass is 9.82. The summed E-state index contributed by atoms with van der Waals surface area (Å²) in [6.07, 6.45) is 7.56. The molecule has 5 nitrogen and oxygen atoms in total. The molecule has 2 heterocycles. The zero-order valence-electron chi connectivity index (χ0n) is 13.2. The Labute approximate surface area is 122 Å². The Hall–Kier alpha value is -1.52. The maximum Gasteiger partial charge on any atom is 0.194 e. The average Bonchev–Trinajstić information content (AvgIpc) is 3.07. The van der Waals surface area contributed by atoms with Crippen LogP contribution in [0.15, 0.2) is 17.4 Å². The number of aromatic nitrogens is 2. The summed E-state index contributed by atoms with van der Waals surface area (Å²) in [7, 11) is 3.88. The molecule has 0 amide bonds. The van der Waals surface area contributed by atoms with Crippen molar-refractivity contribution in [2.24, 2.45) is 17.5 Å². The number of imidazole rings is 1. The van der Waals surface area contributed by atoms with Gasteiger partial charge in [0.1, 0.15) is 5.82 Å². The molecule has 0 unspecified atom stereocenters. The van der Waals surface area contributed by atoms with Crippen LogP contribution < -0.4 is 5.32 Å². The maximum absolute atomic E-state index is 4.43. The van der Waals surface area contributed by atoms with Crippen LogP contribution in [-0.2, 0) is 13.6 Å². The van der Waals surface area contributed by atoms with Crippen molar-refractivity contribution < 1.29 is 0 Å². The standard InChI is InChI=1S/C15H27N5/c1-5-15(6-2)7-9-20(12-15)14(16-3)18-11-13-17-8-10-19(13)4/h8,10H,5-7,9,11-12H2,1-4H3,(H,16,18). The fraction of sp³-hybridized carbons (Fsp3) is 0.733. The summed E-state index contributed by atoms with van der Waals surface area (Å²) in [6, 6.07) is 0. The van der Waals surface area contributed by atoms with Gasteiger partial charge in [0.05, 0.1) is 6.54 Å². The summed E-state index contributed by atoms with van der Waals surface area (Å²) in [5, 5.41) is 3.43. The quantitative estimate of drug-likeness (QED) is 0.676. The number of hydrogen-bond donors (Lipinski definition) is 1. The monoisotopic (exact) mass is 277 g/mol. The Balaban J connectivity index is 1.95. The van der Waals surface area contributed by atoms with Crippen LogP contribution in [0.5, 0.6) is 0 Å². The van der Waals surface area contributed by atoms with Crippen molar-refractivity contribution in [1.29, 1.82) is 0 Å². The molecule has 0 spiro atoms. The van der Waals surface area contributed by atoms with Crippen molar-refractivity contribution in [3.63, 3.8) is 0 Å².